The minimum absolute atomic E-state index is 0.215. The summed E-state index contributed by atoms with van der Waals surface area (Å²) in [6.07, 6.45) is -4.74. The first-order chi connectivity index (χ1) is 8.87. The highest BCUT2D eigenvalue weighted by atomic mass is 35.5. The van der Waals surface area contributed by atoms with Crippen LogP contribution in [-0.2, 0) is 0 Å². The molecule has 1 atom stereocenters. The number of fused-ring (bicyclic) bond motifs is 1. The lowest BCUT2D eigenvalue weighted by Gasteiger charge is -2.17. The maximum absolute atomic E-state index is 12.3. The summed E-state index contributed by atoms with van der Waals surface area (Å²) >= 11 is 5.99. The molecular formula is C12H13ClF3NO2. The average Bonchev–Trinajstić information content (AvgIpc) is 2.51. The van der Waals surface area contributed by atoms with Crippen LogP contribution in [0, 0.1) is 0 Å². The summed E-state index contributed by atoms with van der Waals surface area (Å²) in [5, 5.41) is 0.215. The molecule has 1 aliphatic rings. The van der Waals surface area contributed by atoms with Crippen LogP contribution in [0.3, 0.4) is 0 Å². The molecule has 0 spiro atoms. The molecule has 0 aromatic heterocycles. The second-order valence-corrected chi connectivity index (χ2v) is 4.71. The Kier molecular flexibility index (Phi) is 4.10. The van der Waals surface area contributed by atoms with E-state index in [2.05, 4.69) is 0 Å². The summed E-state index contributed by atoms with van der Waals surface area (Å²) in [6.45, 7) is 0.891. The molecule has 1 aromatic carbocycles. The number of rotatable bonds is 2. The van der Waals surface area contributed by atoms with Crippen LogP contribution in [0.5, 0.6) is 11.5 Å². The lowest BCUT2D eigenvalue weighted by molar-refractivity contribution is -0.138. The van der Waals surface area contributed by atoms with Crippen LogP contribution < -0.4 is 15.2 Å². The van der Waals surface area contributed by atoms with Crippen molar-refractivity contribution in [2.24, 2.45) is 5.73 Å². The molecule has 2 rings (SSSR count). The third-order valence-electron chi connectivity index (χ3n) is 2.70. The van der Waals surface area contributed by atoms with Gasteiger partial charge < -0.3 is 15.2 Å². The molecule has 106 valence electrons. The molecule has 19 heavy (non-hydrogen) atoms. The molecule has 1 aromatic rings. The lowest BCUT2D eigenvalue weighted by atomic mass is 10.0. The quantitative estimate of drug-likeness (QED) is 0.909. The van der Waals surface area contributed by atoms with E-state index in [1.54, 1.807) is 0 Å². The van der Waals surface area contributed by atoms with E-state index in [4.69, 9.17) is 26.8 Å². The van der Waals surface area contributed by atoms with Gasteiger partial charge in [-0.3, -0.25) is 0 Å². The van der Waals surface area contributed by atoms with Crippen molar-refractivity contribution in [2.75, 3.05) is 13.2 Å². The van der Waals surface area contributed by atoms with Crippen molar-refractivity contribution < 1.29 is 22.6 Å². The first kappa shape index (κ1) is 14.3. The van der Waals surface area contributed by atoms with E-state index in [0.29, 0.717) is 31.1 Å². The van der Waals surface area contributed by atoms with Crippen LogP contribution in [0.25, 0.3) is 0 Å². The van der Waals surface area contributed by atoms with Gasteiger partial charge in [0.15, 0.2) is 11.5 Å². The molecular weight excluding hydrogens is 283 g/mol. The third-order valence-corrected chi connectivity index (χ3v) is 2.98. The summed E-state index contributed by atoms with van der Waals surface area (Å²) in [5.74, 6) is 0.708. The summed E-state index contributed by atoms with van der Waals surface area (Å²) in [7, 11) is 0. The van der Waals surface area contributed by atoms with E-state index in [1.807, 2.05) is 0 Å². The molecule has 1 aliphatic heterocycles. The van der Waals surface area contributed by atoms with Gasteiger partial charge in [0.1, 0.15) is 0 Å². The van der Waals surface area contributed by atoms with E-state index < -0.39 is 18.6 Å². The molecule has 0 amide bonds. The Morgan fingerprint density at radius 2 is 1.95 bits per heavy atom. The molecule has 0 saturated heterocycles. The molecule has 0 aliphatic carbocycles. The first-order valence-electron chi connectivity index (χ1n) is 5.78. The zero-order chi connectivity index (χ0) is 14.0. The van der Waals surface area contributed by atoms with Crippen molar-refractivity contribution in [3.8, 4) is 11.5 Å². The Morgan fingerprint density at radius 3 is 2.63 bits per heavy atom. The highest BCUT2D eigenvalue weighted by Gasteiger charge is 2.31. The molecule has 0 bridgehead atoms. The van der Waals surface area contributed by atoms with Gasteiger partial charge in [-0.05, 0) is 17.7 Å². The van der Waals surface area contributed by atoms with Gasteiger partial charge in [0, 0.05) is 12.5 Å². The summed E-state index contributed by atoms with van der Waals surface area (Å²) < 4.78 is 47.8. The standard InChI is InChI=1S/C12H13ClF3NO2/c13-8-4-7(9(17)6-12(14,15)16)5-10-11(8)19-3-1-2-18-10/h4-5,9H,1-3,6,17H2. The summed E-state index contributed by atoms with van der Waals surface area (Å²) in [6, 6.07) is 1.68. The van der Waals surface area contributed by atoms with Gasteiger partial charge in [-0.1, -0.05) is 11.6 Å². The van der Waals surface area contributed by atoms with Gasteiger partial charge in [-0.15, -0.1) is 0 Å². The van der Waals surface area contributed by atoms with Gasteiger partial charge in [0.25, 0.3) is 0 Å². The van der Waals surface area contributed by atoms with Crippen LogP contribution in [-0.4, -0.2) is 19.4 Å². The van der Waals surface area contributed by atoms with Crippen molar-refractivity contribution in [3.63, 3.8) is 0 Å². The van der Waals surface area contributed by atoms with Crippen molar-refractivity contribution >= 4 is 11.6 Å². The zero-order valence-corrected chi connectivity index (χ0v) is 10.7. The Hall–Kier alpha value is -1.14. The number of alkyl halides is 3. The number of halogens is 4. The highest BCUT2D eigenvalue weighted by Crippen LogP contribution is 2.40. The molecule has 7 heteroatoms. The second-order valence-electron chi connectivity index (χ2n) is 4.31. The zero-order valence-electron chi connectivity index (χ0n) is 9.97. The minimum Gasteiger partial charge on any atom is -0.489 e. The van der Waals surface area contributed by atoms with Crippen LogP contribution in [0.1, 0.15) is 24.4 Å². The largest absolute Gasteiger partial charge is 0.489 e. The maximum atomic E-state index is 12.3. The van der Waals surface area contributed by atoms with Crippen LogP contribution >= 0.6 is 11.6 Å². The van der Waals surface area contributed by atoms with Gasteiger partial charge in [0.2, 0.25) is 0 Å². The number of benzene rings is 1. The van der Waals surface area contributed by atoms with Gasteiger partial charge in [-0.25, -0.2) is 0 Å². The van der Waals surface area contributed by atoms with Crippen molar-refractivity contribution in [2.45, 2.75) is 25.1 Å². The third kappa shape index (κ3) is 3.67. The van der Waals surface area contributed by atoms with E-state index in [-0.39, 0.29) is 10.6 Å². The summed E-state index contributed by atoms with van der Waals surface area (Å²) in [5.41, 5.74) is 5.83. The van der Waals surface area contributed by atoms with Crippen molar-refractivity contribution in [3.05, 3.63) is 22.7 Å². The Morgan fingerprint density at radius 1 is 1.26 bits per heavy atom. The molecule has 0 saturated carbocycles. The predicted molar refractivity (Wildman–Crippen MR) is 64.7 cm³/mol. The molecule has 1 unspecified atom stereocenters. The fourth-order valence-corrected chi connectivity index (χ4v) is 2.11. The first-order valence-corrected chi connectivity index (χ1v) is 6.16. The van der Waals surface area contributed by atoms with Crippen LogP contribution in [0.15, 0.2) is 12.1 Å². The Balaban J connectivity index is 2.28. The smallest absolute Gasteiger partial charge is 0.390 e. The topological polar surface area (TPSA) is 44.5 Å². The SMILES string of the molecule is NC(CC(F)(F)F)c1cc(Cl)c2c(c1)OCCCO2. The van der Waals surface area contributed by atoms with Crippen LogP contribution in [0.4, 0.5) is 13.2 Å². The second kappa shape index (κ2) is 5.46. The van der Waals surface area contributed by atoms with E-state index in [1.165, 1.54) is 12.1 Å². The molecule has 0 fully saturated rings. The fraction of sp³-hybridized carbons (Fsp3) is 0.500. The van der Waals surface area contributed by atoms with Gasteiger partial charge in [-0.2, -0.15) is 13.2 Å². The number of hydrogen-bond donors (Lipinski definition) is 1. The minimum atomic E-state index is -4.32. The summed E-state index contributed by atoms with van der Waals surface area (Å²) in [4.78, 5) is 0. The van der Waals surface area contributed by atoms with E-state index in [0.717, 1.165) is 0 Å². The Labute approximate surface area is 113 Å². The van der Waals surface area contributed by atoms with E-state index >= 15 is 0 Å². The molecule has 2 N–H and O–H groups in total. The molecule has 0 radical (unpaired) electrons. The van der Waals surface area contributed by atoms with Gasteiger partial charge in [0.05, 0.1) is 24.7 Å². The fourth-order valence-electron chi connectivity index (χ4n) is 1.83. The molecule has 1 heterocycles. The van der Waals surface area contributed by atoms with E-state index in [9.17, 15) is 13.2 Å². The molecule has 3 nitrogen and oxygen atoms in total. The predicted octanol–water partition coefficient (Wildman–Crippen LogP) is 3.45. The maximum Gasteiger partial charge on any atom is 0.390 e. The number of nitrogens with two attached hydrogens (primary N) is 1. The number of hydrogen-bond acceptors (Lipinski definition) is 3. The average molecular weight is 296 g/mol. The van der Waals surface area contributed by atoms with Crippen LogP contribution in [0.2, 0.25) is 5.02 Å². The lowest BCUT2D eigenvalue weighted by Crippen LogP contribution is -2.20. The van der Waals surface area contributed by atoms with Crippen molar-refractivity contribution in [1.82, 2.24) is 0 Å². The Bertz CT molecular complexity index is 465. The monoisotopic (exact) mass is 295 g/mol. The normalized spacial score (nSPS) is 16.9. The number of ether oxygens (including phenoxy) is 2. The van der Waals surface area contributed by atoms with Crippen molar-refractivity contribution in [1.29, 1.82) is 0 Å². The highest BCUT2D eigenvalue weighted by molar-refractivity contribution is 6.32. The van der Waals surface area contributed by atoms with Gasteiger partial charge >= 0.3 is 6.18 Å².